The van der Waals surface area contributed by atoms with Crippen molar-refractivity contribution in [2.45, 2.75) is 40.2 Å². The maximum Gasteiger partial charge on any atom is 0.342 e. The minimum absolute atomic E-state index is 0.371. The molecule has 0 saturated heterocycles. The molecular formula is C17H22N4O3S2. The predicted molar refractivity (Wildman–Crippen MR) is 108 cm³/mol. The number of carbonyl (C=O) groups is 1. The van der Waals surface area contributed by atoms with E-state index >= 15 is 0 Å². The van der Waals surface area contributed by atoms with E-state index in [9.17, 15) is 4.79 Å². The lowest BCUT2D eigenvalue weighted by Gasteiger charge is -2.20. The standard InChI is InChI=1S/C17H22N4O3S2/c1-9-10(2)26-15(13(9)16(22)23-17(3,4)5)20-24-19-11-7-6-8-12(21-25)14(11)18/h6-8,19-20H,18H2,1-5H3. The van der Waals surface area contributed by atoms with Gasteiger partial charge in [0.1, 0.15) is 16.3 Å². The first-order chi connectivity index (χ1) is 12.1. The summed E-state index contributed by atoms with van der Waals surface area (Å²) >= 11 is 6.07. The van der Waals surface area contributed by atoms with E-state index in [1.807, 2.05) is 34.6 Å². The Balaban J connectivity index is 2.14. The van der Waals surface area contributed by atoms with Gasteiger partial charge >= 0.3 is 5.97 Å². The van der Waals surface area contributed by atoms with Crippen LogP contribution < -0.4 is 16.7 Å². The molecule has 0 bridgehead atoms. The van der Waals surface area contributed by atoms with Crippen LogP contribution in [0.1, 0.15) is 41.6 Å². The maximum atomic E-state index is 12.5. The van der Waals surface area contributed by atoms with E-state index < -0.39 is 11.6 Å². The van der Waals surface area contributed by atoms with Gasteiger partial charge in [-0.25, -0.2) is 15.8 Å². The van der Waals surface area contributed by atoms with Gasteiger partial charge in [0.05, 0.1) is 16.9 Å². The van der Waals surface area contributed by atoms with Crippen molar-refractivity contribution < 1.29 is 14.5 Å². The van der Waals surface area contributed by atoms with Gasteiger partial charge in [-0.3, -0.25) is 0 Å². The van der Waals surface area contributed by atoms with Gasteiger partial charge in [-0.05, 0) is 52.3 Å². The van der Waals surface area contributed by atoms with E-state index in [1.165, 1.54) is 11.3 Å². The van der Waals surface area contributed by atoms with E-state index in [0.29, 0.717) is 27.6 Å². The number of nitrogens with zero attached hydrogens (tertiary/aromatic N) is 1. The molecule has 2 rings (SSSR count). The smallest absolute Gasteiger partial charge is 0.342 e. The molecule has 0 spiro atoms. The summed E-state index contributed by atoms with van der Waals surface area (Å²) in [5.74, 6) is -0.406. The van der Waals surface area contributed by atoms with Crippen molar-refractivity contribution in [1.29, 1.82) is 0 Å². The van der Waals surface area contributed by atoms with Crippen LogP contribution >= 0.6 is 11.3 Å². The highest BCUT2D eigenvalue weighted by molar-refractivity contribution is 7.47. The molecule has 0 aliphatic carbocycles. The number of thiophene rings is 1. The van der Waals surface area contributed by atoms with Gasteiger partial charge in [-0.1, -0.05) is 6.07 Å². The summed E-state index contributed by atoms with van der Waals surface area (Å²) in [6, 6.07) is 5.17. The average Bonchev–Trinajstić information content (AvgIpc) is 2.82. The monoisotopic (exact) mass is 394 g/mol. The summed E-state index contributed by atoms with van der Waals surface area (Å²) in [5, 5.41) is 0.546. The number of aryl methyl sites for hydroxylation is 1. The van der Waals surface area contributed by atoms with E-state index in [0.717, 1.165) is 10.4 Å². The van der Waals surface area contributed by atoms with Gasteiger partial charge in [0.15, 0.2) is 0 Å². The molecule has 7 nitrogen and oxygen atoms in total. The summed E-state index contributed by atoms with van der Waals surface area (Å²) in [6.45, 7) is 9.27. The molecule has 1 aromatic heterocycles. The van der Waals surface area contributed by atoms with Crippen LogP contribution in [0.5, 0.6) is 0 Å². The number of nitrogen functional groups attached to an aromatic ring is 1. The van der Waals surface area contributed by atoms with Crippen molar-refractivity contribution in [3.8, 4) is 0 Å². The van der Waals surface area contributed by atoms with E-state index in [4.69, 9.17) is 15.4 Å². The molecule has 4 N–H and O–H groups in total. The molecule has 2 aromatic rings. The highest BCUT2D eigenvalue weighted by Gasteiger charge is 2.25. The summed E-state index contributed by atoms with van der Waals surface area (Å²) < 4.78 is 9.15. The second kappa shape index (κ2) is 7.98. The van der Waals surface area contributed by atoms with Crippen LogP contribution in [-0.2, 0) is 22.1 Å². The van der Waals surface area contributed by atoms with Gasteiger partial charge < -0.3 is 10.5 Å². The average molecular weight is 395 g/mol. The summed E-state index contributed by atoms with van der Waals surface area (Å²) in [7, 11) is 0. The van der Waals surface area contributed by atoms with E-state index in [1.54, 1.807) is 18.2 Å². The molecule has 0 unspecified atom stereocenters. The number of hydrogen-bond donors (Lipinski definition) is 3. The van der Waals surface area contributed by atoms with E-state index in [-0.39, 0.29) is 0 Å². The molecule has 140 valence electrons. The fraction of sp³-hybridized carbons (Fsp3) is 0.353. The predicted octanol–water partition coefficient (Wildman–Crippen LogP) is 4.64. The van der Waals surface area contributed by atoms with Crippen LogP contribution in [0, 0.1) is 13.8 Å². The third-order valence-electron chi connectivity index (χ3n) is 3.47. The Bertz CT molecular complexity index is 828. The molecule has 0 radical (unpaired) electrons. The van der Waals surface area contributed by atoms with Crippen molar-refractivity contribution in [3.05, 3.63) is 34.2 Å². The SMILES string of the molecule is Cc1sc(NONc2cccc(N=S)c2N)c(C(=O)OC(C)(C)C)c1C. The zero-order chi connectivity index (χ0) is 19.5. The Morgan fingerprint density at radius 3 is 2.58 bits per heavy atom. The Labute approximate surface area is 162 Å². The topological polar surface area (TPSA) is 98.0 Å². The maximum absolute atomic E-state index is 12.5. The third-order valence-corrected chi connectivity index (χ3v) is 4.78. The minimum atomic E-state index is -0.585. The highest BCUT2D eigenvalue weighted by Crippen LogP contribution is 2.34. The largest absolute Gasteiger partial charge is 0.456 e. The Kier molecular flexibility index (Phi) is 6.17. The van der Waals surface area contributed by atoms with Crippen molar-refractivity contribution in [3.63, 3.8) is 0 Å². The number of para-hydroxylation sites is 1. The van der Waals surface area contributed by atoms with Crippen molar-refractivity contribution in [1.82, 2.24) is 0 Å². The second-order valence-electron chi connectivity index (χ2n) is 6.63. The Hall–Kier alpha value is -2.23. The number of benzene rings is 1. The number of carbonyl (C=O) groups excluding carboxylic acids is 1. The van der Waals surface area contributed by atoms with E-state index in [2.05, 4.69) is 27.7 Å². The number of rotatable bonds is 6. The summed E-state index contributed by atoms with van der Waals surface area (Å²) in [4.78, 5) is 18.8. The molecule has 9 heteroatoms. The number of anilines is 3. The third kappa shape index (κ3) is 4.69. The van der Waals surface area contributed by atoms with Gasteiger partial charge in [-0.2, -0.15) is 9.30 Å². The van der Waals surface area contributed by atoms with Crippen LogP contribution in [0.3, 0.4) is 0 Å². The number of hydrogen-bond acceptors (Lipinski definition) is 9. The molecule has 26 heavy (non-hydrogen) atoms. The van der Waals surface area contributed by atoms with Crippen molar-refractivity contribution >= 4 is 51.8 Å². The number of ether oxygens (including phenoxy) is 1. The summed E-state index contributed by atoms with van der Waals surface area (Å²) in [6.07, 6.45) is 0. The highest BCUT2D eigenvalue weighted by atomic mass is 32.1. The van der Waals surface area contributed by atoms with Gasteiger partial charge in [0.2, 0.25) is 0 Å². The lowest BCUT2D eigenvalue weighted by atomic mass is 10.1. The van der Waals surface area contributed by atoms with Gasteiger partial charge in [0, 0.05) is 17.3 Å². The minimum Gasteiger partial charge on any atom is -0.456 e. The van der Waals surface area contributed by atoms with Gasteiger partial charge in [0.25, 0.3) is 0 Å². The molecule has 0 aliphatic heterocycles. The second-order valence-corrected chi connectivity index (χ2v) is 8.03. The van der Waals surface area contributed by atoms with Crippen LogP contribution in [0.4, 0.5) is 22.1 Å². The van der Waals surface area contributed by atoms with Crippen LogP contribution in [0.2, 0.25) is 0 Å². The van der Waals surface area contributed by atoms with Crippen molar-refractivity contribution in [2.24, 2.45) is 4.36 Å². The molecule has 0 saturated carbocycles. The quantitative estimate of drug-likeness (QED) is 0.373. The summed E-state index contributed by atoms with van der Waals surface area (Å²) in [5.41, 5.74) is 13.5. The number of nitrogens with one attached hydrogen (secondary N) is 2. The van der Waals surface area contributed by atoms with Crippen LogP contribution in [-0.4, -0.2) is 11.6 Å². The zero-order valence-electron chi connectivity index (χ0n) is 15.3. The Morgan fingerprint density at radius 2 is 1.96 bits per heavy atom. The molecule has 0 fully saturated rings. The van der Waals surface area contributed by atoms with Crippen LogP contribution in [0.15, 0.2) is 22.6 Å². The first-order valence-corrected chi connectivity index (χ1v) is 9.05. The first kappa shape index (κ1) is 20.1. The fourth-order valence-corrected chi connectivity index (χ4v) is 3.26. The molecule has 0 amide bonds. The molecule has 0 aliphatic rings. The normalized spacial score (nSPS) is 11.1. The number of nitrogens with two attached hydrogens (primary N) is 1. The van der Waals surface area contributed by atoms with Crippen molar-refractivity contribution in [2.75, 3.05) is 16.7 Å². The molecular weight excluding hydrogens is 372 g/mol. The lowest BCUT2D eigenvalue weighted by Crippen LogP contribution is -2.24. The fourth-order valence-electron chi connectivity index (χ4n) is 2.12. The number of esters is 1. The Morgan fingerprint density at radius 1 is 1.27 bits per heavy atom. The molecule has 1 aromatic carbocycles. The molecule has 0 atom stereocenters. The van der Waals surface area contributed by atoms with Crippen LogP contribution in [0.25, 0.3) is 0 Å². The zero-order valence-corrected chi connectivity index (χ0v) is 16.9. The van der Waals surface area contributed by atoms with Gasteiger partial charge in [-0.15, -0.1) is 11.3 Å². The lowest BCUT2D eigenvalue weighted by molar-refractivity contribution is 0.00696. The molecule has 1 heterocycles. The first-order valence-electron chi connectivity index (χ1n) is 7.87.